The number of carbonyl (C=O) groups is 1. The normalized spacial score (nSPS) is 14.1. The van der Waals surface area contributed by atoms with Crippen LogP contribution in [-0.4, -0.2) is 26.2 Å². The number of aromatic nitrogens is 4. The van der Waals surface area contributed by atoms with E-state index >= 15 is 0 Å². The highest BCUT2D eigenvalue weighted by atomic mass is 79.9. The number of halogens is 1. The van der Waals surface area contributed by atoms with Crippen LogP contribution in [0.1, 0.15) is 28.9 Å². The van der Waals surface area contributed by atoms with Crippen molar-refractivity contribution in [3.8, 4) is 23.0 Å². The summed E-state index contributed by atoms with van der Waals surface area (Å²) in [7, 11) is 0. The van der Waals surface area contributed by atoms with Gasteiger partial charge in [-0.3, -0.25) is 9.89 Å². The lowest BCUT2D eigenvalue weighted by molar-refractivity contribution is 0.0973. The highest BCUT2D eigenvalue weighted by molar-refractivity contribution is 9.10. The maximum Gasteiger partial charge on any atom is 0.269 e. The SMILES string of the molecule is O=C1CCCc2[nH]nc(-c3nnc(-c4cccc(Br)c4)o3)c21. The van der Waals surface area contributed by atoms with Crippen molar-refractivity contribution in [2.45, 2.75) is 19.3 Å². The Morgan fingerprint density at radius 3 is 2.91 bits per heavy atom. The monoisotopic (exact) mass is 358 g/mol. The number of H-pyrrole nitrogens is 1. The molecule has 0 aliphatic heterocycles. The van der Waals surface area contributed by atoms with E-state index in [0.29, 0.717) is 23.6 Å². The topological polar surface area (TPSA) is 84.7 Å². The number of Topliss-reactive ketones (excluding diaryl/α,β-unsaturated/α-hetero) is 1. The molecule has 6 nitrogen and oxygen atoms in total. The van der Waals surface area contributed by atoms with Crippen LogP contribution in [0.25, 0.3) is 23.0 Å². The van der Waals surface area contributed by atoms with Gasteiger partial charge in [0.2, 0.25) is 5.89 Å². The minimum Gasteiger partial charge on any atom is -0.415 e. The van der Waals surface area contributed by atoms with Crippen molar-refractivity contribution in [2.24, 2.45) is 0 Å². The third-order valence-electron chi connectivity index (χ3n) is 3.65. The zero-order valence-electron chi connectivity index (χ0n) is 11.5. The molecule has 1 N–H and O–H groups in total. The van der Waals surface area contributed by atoms with Gasteiger partial charge in [0, 0.05) is 22.2 Å². The number of nitrogens with one attached hydrogen (secondary N) is 1. The molecule has 0 unspecified atom stereocenters. The van der Waals surface area contributed by atoms with E-state index in [1.807, 2.05) is 24.3 Å². The van der Waals surface area contributed by atoms with Crippen LogP contribution in [0.2, 0.25) is 0 Å². The van der Waals surface area contributed by atoms with Crippen molar-refractivity contribution in [3.63, 3.8) is 0 Å². The fourth-order valence-corrected chi connectivity index (χ4v) is 3.02. The smallest absolute Gasteiger partial charge is 0.269 e. The van der Waals surface area contributed by atoms with Gasteiger partial charge in [-0.05, 0) is 31.0 Å². The first-order chi connectivity index (χ1) is 10.7. The molecule has 4 rings (SSSR count). The summed E-state index contributed by atoms with van der Waals surface area (Å²) >= 11 is 3.41. The van der Waals surface area contributed by atoms with Crippen LogP contribution in [-0.2, 0) is 6.42 Å². The summed E-state index contributed by atoms with van der Waals surface area (Å²) in [6.07, 6.45) is 2.20. The van der Waals surface area contributed by atoms with Crippen molar-refractivity contribution in [1.82, 2.24) is 20.4 Å². The lowest BCUT2D eigenvalue weighted by atomic mass is 9.94. The Morgan fingerprint density at radius 1 is 1.18 bits per heavy atom. The van der Waals surface area contributed by atoms with Crippen molar-refractivity contribution >= 4 is 21.7 Å². The number of hydrogen-bond donors (Lipinski definition) is 1. The van der Waals surface area contributed by atoms with Crippen molar-refractivity contribution in [3.05, 3.63) is 40.0 Å². The lowest BCUT2D eigenvalue weighted by Crippen LogP contribution is -2.10. The Labute approximate surface area is 134 Å². The van der Waals surface area contributed by atoms with Gasteiger partial charge in [0.15, 0.2) is 11.5 Å². The van der Waals surface area contributed by atoms with E-state index in [2.05, 4.69) is 36.3 Å². The number of carbonyl (C=O) groups excluding carboxylic acids is 1. The number of aryl methyl sites for hydroxylation is 1. The third-order valence-corrected chi connectivity index (χ3v) is 4.14. The predicted octanol–water partition coefficient (Wildman–Crippen LogP) is 3.41. The molecule has 22 heavy (non-hydrogen) atoms. The fourth-order valence-electron chi connectivity index (χ4n) is 2.62. The molecule has 0 radical (unpaired) electrons. The van der Waals surface area contributed by atoms with Crippen LogP contribution in [0.5, 0.6) is 0 Å². The van der Waals surface area contributed by atoms with Gasteiger partial charge in [0.05, 0.1) is 5.56 Å². The largest absolute Gasteiger partial charge is 0.415 e. The van der Waals surface area contributed by atoms with Gasteiger partial charge >= 0.3 is 0 Å². The molecule has 2 aromatic heterocycles. The Bertz CT molecular complexity index is 868. The van der Waals surface area contributed by atoms with Crippen molar-refractivity contribution in [2.75, 3.05) is 0 Å². The van der Waals surface area contributed by atoms with Crippen molar-refractivity contribution < 1.29 is 9.21 Å². The van der Waals surface area contributed by atoms with Gasteiger partial charge in [0.25, 0.3) is 5.89 Å². The van der Waals surface area contributed by atoms with Crippen LogP contribution in [0.3, 0.4) is 0 Å². The summed E-state index contributed by atoms with van der Waals surface area (Å²) in [5.74, 6) is 0.742. The number of rotatable bonds is 2. The molecule has 7 heteroatoms. The molecular weight excluding hydrogens is 348 g/mol. The number of fused-ring (bicyclic) bond motifs is 1. The Balaban J connectivity index is 1.77. The molecule has 0 fully saturated rings. The fraction of sp³-hybridized carbons (Fsp3) is 0.200. The number of aromatic amines is 1. The van der Waals surface area contributed by atoms with Crippen molar-refractivity contribution in [1.29, 1.82) is 0 Å². The molecule has 0 amide bonds. The summed E-state index contributed by atoms with van der Waals surface area (Å²) in [6.45, 7) is 0. The van der Waals surface area contributed by atoms with Crippen LogP contribution in [0.4, 0.5) is 0 Å². The summed E-state index contributed by atoms with van der Waals surface area (Å²) in [5.41, 5.74) is 2.71. The van der Waals surface area contributed by atoms with E-state index in [1.54, 1.807) is 0 Å². The second-order valence-electron chi connectivity index (χ2n) is 5.13. The number of hydrogen-bond acceptors (Lipinski definition) is 5. The molecule has 0 saturated heterocycles. The lowest BCUT2D eigenvalue weighted by Gasteiger charge is -2.08. The molecule has 110 valence electrons. The van der Waals surface area contributed by atoms with Gasteiger partial charge in [-0.25, -0.2) is 0 Å². The molecule has 3 aromatic rings. The van der Waals surface area contributed by atoms with Crippen LogP contribution < -0.4 is 0 Å². The summed E-state index contributed by atoms with van der Waals surface area (Å²) < 4.78 is 6.63. The molecule has 1 aliphatic carbocycles. The Hall–Kier alpha value is -2.28. The molecule has 1 aliphatic rings. The summed E-state index contributed by atoms with van der Waals surface area (Å²) in [5, 5.41) is 15.2. The highest BCUT2D eigenvalue weighted by Crippen LogP contribution is 2.30. The highest BCUT2D eigenvalue weighted by Gasteiger charge is 2.27. The molecule has 2 heterocycles. The van der Waals surface area contributed by atoms with Crippen LogP contribution >= 0.6 is 15.9 Å². The molecule has 1 aromatic carbocycles. The Kier molecular flexibility index (Phi) is 3.15. The first kappa shape index (κ1) is 13.4. The van der Waals surface area contributed by atoms with E-state index in [4.69, 9.17) is 4.42 Å². The predicted molar refractivity (Wildman–Crippen MR) is 82.3 cm³/mol. The van der Waals surface area contributed by atoms with E-state index in [0.717, 1.165) is 28.6 Å². The zero-order chi connectivity index (χ0) is 15.1. The zero-order valence-corrected chi connectivity index (χ0v) is 13.1. The number of benzene rings is 1. The Morgan fingerprint density at radius 2 is 2.05 bits per heavy atom. The maximum atomic E-state index is 12.1. The number of ketones is 1. The second-order valence-corrected chi connectivity index (χ2v) is 6.04. The van der Waals surface area contributed by atoms with Gasteiger partial charge in [0.1, 0.15) is 0 Å². The first-order valence-corrected chi connectivity index (χ1v) is 7.72. The van der Waals surface area contributed by atoms with Crippen LogP contribution in [0, 0.1) is 0 Å². The molecular formula is C15H11BrN4O2. The first-order valence-electron chi connectivity index (χ1n) is 6.92. The standard InChI is InChI=1S/C15H11BrN4O2/c16-9-4-1-3-8(7-9)14-19-20-15(22-14)13-12-10(17-18-13)5-2-6-11(12)21/h1,3-4,7H,2,5-6H2,(H,17,18). The molecule has 0 saturated carbocycles. The van der Waals surface area contributed by atoms with Gasteiger partial charge in [-0.15, -0.1) is 10.2 Å². The minimum atomic E-state index is 0.0761. The molecule has 0 bridgehead atoms. The van der Waals surface area contributed by atoms with Gasteiger partial charge in [-0.2, -0.15) is 5.10 Å². The minimum absolute atomic E-state index is 0.0761. The maximum absolute atomic E-state index is 12.1. The van der Waals surface area contributed by atoms with E-state index < -0.39 is 0 Å². The van der Waals surface area contributed by atoms with E-state index in [-0.39, 0.29) is 11.7 Å². The van der Waals surface area contributed by atoms with E-state index in [9.17, 15) is 4.79 Å². The summed E-state index contributed by atoms with van der Waals surface area (Å²) in [4.78, 5) is 12.1. The molecule has 0 atom stereocenters. The second kappa shape index (κ2) is 5.17. The third kappa shape index (κ3) is 2.18. The van der Waals surface area contributed by atoms with E-state index in [1.165, 1.54) is 0 Å². The number of nitrogens with zero attached hydrogens (tertiary/aromatic N) is 3. The van der Waals surface area contributed by atoms with Crippen LogP contribution in [0.15, 0.2) is 33.2 Å². The average molecular weight is 359 g/mol. The molecule has 0 spiro atoms. The summed E-state index contributed by atoms with van der Waals surface area (Å²) in [6, 6.07) is 7.59. The van der Waals surface area contributed by atoms with Gasteiger partial charge < -0.3 is 4.42 Å². The quantitative estimate of drug-likeness (QED) is 0.758. The van der Waals surface area contributed by atoms with Gasteiger partial charge in [-0.1, -0.05) is 22.0 Å². The average Bonchev–Trinajstić information content (AvgIpc) is 3.14.